The van der Waals surface area contributed by atoms with Gasteiger partial charge >= 0.3 is 0 Å². The smallest absolute Gasteiger partial charge is 0.105 e. The molecule has 1 rings (SSSR count). The van der Waals surface area contributed by atoms with Gasteiger partial charge in [-0.15, -0.1) is 0 Å². The fourth-order valence-corrected chi connectivity index (χ4v) is 1.72. The van der Waals surface area contributed by atoms with E-state index in [-0.39, 0.29) is 5.60 Å². The summed E-state index contributed by atoms with van der Waals surface area (Å²) in [5, 5.41) is 8.54. The molecular formula is C11H19NO. The maximum absolute atomic E-state index is 8.54. The lowest BCUT2D eigenvalue weighted by molar-refractivity contribution is 0.306. The Bertz CT molecular complexity index is 197. The Balaban J connectivity index is 2.04. The number of unbranched alkanes of at least 4 members (excludes halogenated alkanes) is 3. The van der Waals surface area contributed by atoms with E-state index in [0.29, 0.717) is 12.5 Å². The van der Waals surface area contributed by atoms with E-state index in [9.17, 15) is 0 Å². The van der Waals surface area contributed by atoms with Crippen LogP contribution in [-0.2, 0) is 4.74 Å². The number of hydrogen-bond donors (Lipinski definition) is 0. The Morgan fingerprint density at radius 3 is 2.77 bits per heavy atom. The molecule has 2 atom stereocenters. The minimum atomic E-state index is -0.0963. The molecule has 2 heteroatoms. The molecule has 74 valence electrons. The second-order valence-corrected chi connectivity index (χ2v) is 4.10. The van der Waals surface area contributed by atoms with Crippen LogP contribution in [0.4, 0.5) is 0 Å². The number of hydrogen-bond acceptors (Lipinski definition) is 2. The van der Waals surface area contributed by atoms with Crippen LogP contribution >= 0.6 is 0 Å². The van der Waals surface area contributed by atoms with E-state index >= 15 is 0 Å². The largest absolute Gasteiger partial charge is 0.365 e. The molecule has 1 saturated heterocycles. The summed E-state index contributed by atoms with van der Waals surface area (Å²) in [6.07, 6.45) is 7.20. The molecule has 0 aromatic carbocycles. The monoisotopic (exact) mass is 181 g/mol. The molecule has 1 aliphatic rings. The second-order valence-electron chi connectivity index (χ2n) is 4.10. The van der Waals surface area contributed by atoms with Gasteiger partial charge in [-0.2, -0.15) is 5.26 Å². The highest BCUT2D eigenvalue weighted by Gasteiger charge is 2.51. The van der Waals surface area contributed by atoms with E-state index in [1.54, 1.807) is 0 Å². The third-order valence-corrected chi connectivity index (χ3v) is 2.79. The third kappa shape index (κ3) is 3.00. The summed E-state index contributed by atoms with van der Waals surface area (Å²) in [6, 6.07) is 2.18. The topological polar surface area (TPSA) is 36.3 Å². The van der Waals surface area contributed by atoms with Crippen LogP contribution in [-0.4, -0.2) is 11.7 Å². The quantitative estimate of drug-likeness (QED) is 0.466. The number of rotatable bonds is 6. The van der Waals surface area contributed by atoms with Gasteiger partial charge in [-0.1, -0.05) is 32.6 Å². The Kier molecular flexibility index (Phi) is 3.74. The fraction of sp³-hybridized carbons (Fsp3) is 0.909. The first kappa shape index (κ1) is 10.5. The lowest BCUT2D eigenvalue weighted by Crippen LogP contribution is -2.08. The maximum atomic E-state index is 8.54. The molecule has 0 saturated carbocycles. The van der Waals surface area contributed by atoms with Crippen molar-refractivity contribution in [2.24, 2.45) is 0 Å². The molecular weight excluding hydrogens is 162 g/mol. The van der Waals surface area contributed by atoms with Crippen molar-refractivity contribution >= 4 is 0 Å². The van der Waals surface area contributed by atoms with Crippen molar-refractivity contribution in [1.29, 1.82) is 5.26 Å². The molecule has 0 aromatic rings. The van der Waals surface area contributed by atoms with Gasteiger partial charge in [0.2, 0.25) is 0 Å². The van der Waals surface area contributed by atoms with Crippen LogP contribution in [0.15, 0.2) is 0 Å². The molecule has 1 fully saturated rings. The van der Waals surface area contributed by atoms with Gasteiger partial charge in [-0.25, -0.2) is 0 Å². The van der Waals surface area contributed by atoms with Crippen LogP contribution in [0.2, 0.25) is 0 Å². The molecule has 2 unspecified atom stereocenters. The summed E-state index contributed by atoms with van der Waals surface area (Å²) in [7, 11) is 0. The van der Waals surface area contributed by atoms with Gasteiger partial charge in [-0.3, -0.25) is 0 Å². The summed E-state index contributed by atoms with van der Waals surface area (Å²) >= 11 is 0. The summed E-state index contributed by atoms with van der Waals surface area (Å²) in [6.45, 7) is 4.26. The summed E-state index contributed by atoms with van der Waals surface area (Å²) in [5.41, 5.74) is -0.0963. The van der Waals surface area contributed by atoms with Crippen molar-refractivity contribution < 1.29 is 4.74 Å². The molecule has 0 spiro atoms. The molecule has 0 amide bonds. The van der Waals surface area contributed by atoms with Gasteiger partial charge in [-0.05, 0) is 13.3 Å². The highest BCUT2D eigenvalue weighted by Crippen LogP contribution is 2.41. The average Bonchev–Trinajstić information content (AvgIpc) is 2.72. The Hall–Kier alpha value is -0.550. The zero-order chi connectivity index (χ0) is 9.73. The number of nitriles is 1. The van der Waals surface area contributed by atoms with Crippen molar-refractivity contribution in [3.63, 3.8) is 0 Å². The van der Waals surface area contributed by atoms with E-state index < -0.39 is 0 Å². The number of nitrogens with zero attached hydrogens (tertiary/aromatic N) is 1. The molecule has 13 heavy (non-hydrogen) atoms. The van der Waals surface area contributed by atoms with E-state index in [1.165, 1.54) is 25.7 Å². The van der Waals surface area contributed by atoms with Gasteiger partial charge in [0, 0.05) is 0 Å². The van der Waals surface area contributed by atoms with Crippen molar-refractivity contribution in [2.45, 2.75) is 64.1 Å². The van der Waals surface area contributed by atoms with Crippen LogP contribution in [0.5, 0.6) is 0 Å². The SMILES string of the molecule is CCCCCCC1OC1(C)CC#N. The van der Waals surface area contributed by atoms with Crippen LogP contribution in [0.25, 0.3) is 0 Å². The Morgan fingerprint density at radius 2 is 2.15 bits per heavy atom. The van der Waals surface area contributed by atoms with E-state index in [2.05, 4.69) is 13.0 Å². The highest BCUT2D eigenvalue weighted by atomic mass is 16.6. The normalized spacial score (nSPS) is 31.3. The van der Waals surface area contributed by atoms with Crippen molar-refractivity contribution in [2.75, 3.05) is 0 Å². The Morgan fingerprint density at radius 1 is 1.38 bits per heavy atom. The summed E-state index contributed by atoms with van der Waals surface area (Å²) < 4.78 is 5.50. The van der Waals surface area contributed by atoms with Crippen molar-refractivity contribution in [3.05, 3.63) is 0 Å². The first-order valence-corrected chi connectivity index (χ1v) is 5.27. The minimum Gasteiger partial charge on any atom is -0.365 e. The average molecular weight is 181 g/mol. The number of epoxide rings is 1. The highest BCUT2D eigenvalue weighted by molar-refractivity contribution is 5.03. The van der Waals surface area contributed by atoms with Gasteiger partial charge < -0.3 is 4.74 Å². The maximum Gasteiger partial charge on any atom is 0.105 e. The van der Waals surface area contributed by atoms with Gasteiger partial charge in [0.15, 0.2) is 0 Å². The second kappa shape index (κ2) is 4.62. The van der Waals surface area contributed by atoms with Crippen LogP contribution in [0.1, 0.15) is 52.4 Å². The van der Waals surface area contributed by atoms with Crippen molar-refractivity contribution in [3.8, 4) is 6.07 Å². The van der Waals surface area contributed by atoms with Crippen LogP contribution in [0, 0.1) is 11.3 Å². The Labute approximate surface area is 80.9 Å². The molecule has 0 aliphatic carbocycles. The lowest BCUT2D eigenvalue weighted by atomic mass is 10.00. The minimum absolute atomic E-state index is 0.0963. The first-order chi connectivity index (χ1) is 6.23. The summed E-state index contributed by atoms with van der Waals surface area (Å²) in [5.74, 6) is 0. The molecule has 0 aromatic heterocycles. The van der Waals surface area contributed by atoms with Crippen LogP contribution in [0.3, 0.4) is 0 Å². The van der Waals surface area contributed by atoms with Gasteiger partial charge in [0.05, 0.1) is 18.6 Å². The number of ether oxygens (including phenoxy) is 1. The van der Waals surface area contributed by atoms with Crippen molar-refractivity contribution in [1.82, 2.24) is 0 Å². The molecule has 1 aliphatic heterocycles. The van der Waals surface area contributed by atoms with Crippen LogP contribution < -0.4 is 0 Å². The molecule has 0 radical (unpaired) electrons. The van der Waals surface area contributed by atoms with E-state index in [0.717, 1.165) is 6.42 Å². The zero-order valence-corrected chi connectivity index (χ0v) is 8.68. The van der Waals surface area contributed by atoms with Gasteiger partial charge in [0.1, 0.15) is 5.60 Å². The zero-order valence-electron chi connectivity index (χ0n) is 8.68. The fourth-order valence-electron chi connectivity index (χ4n) is 1.72. The standard InChI is InChI=1S/C11H19NO/c1-3-4-5-6-7-10-11(2,13-10)8-9-12/h10H,3-8H2,1-2H3. The van der Waals surface area contributed by atoms with E-state index in [1.807, 2.05) is 6.92 Å². The molecule has 2 nitrogen and oxygen atoms in total. The summed E-state index contributed by atoms with van der Waals surface area (Å²) in [4.78, 5) is 0. The third-order valence-electron chi connectivity index (χ3n) is 2.79. The predicted octanol–water partition coefficient (Wildman–Crippen LogP) is 3.03. The predicted molar refractivity (Wildman–Crippen MR) is 52.3 cm³/mol. The van der Waals surface area contributed by atoms with E-state index in [4.69, 9.17) is 10.00 Å². The molecule has 0 N–H and O–H groups in total. The van der Waals surface area contributed by atoms with Gasteiger partial charge in [0.25, 0.3) is 0 Å². The molecule has 1 heterocycles. The first-order valence-electron chi connectivity index (χ1n) is 5.27. The molecule has 0 bridgehead atoms. The lowest BCUT2D eigenvalue weighted by Gasteiger charge is -1.99.